The van der Waals surface area contributed by atoms with Crippen LogP contribution in [0.15, 0.2) is 24.3 Å². The average Bonchev–Trinajstić information content (AvgIpc) is 2.83. The van der Waals surface area contributed by atoms with Crippen LogP contribution in [0.3, 0.4) is 0 Å². The third kappa shape index (κ3) is 11.1. The third-order valence-corrected chi connectivity index (χ3v) is 6.74. The highest BCUT2D eigenvalue weighted by Crippen LogP contribution is 2.13. The molecule has 0 aliphatic rings. The predicted molar refractivity (Wildman–Crippen MR) is 144 cm³/mol. The number of hydrogen-bond acceptors (Lipinski definition) is 8. The van der Waals surface area contributed by atoms with Gasteiger partial charge in [-0.1, -0.05) is 26.0 Å². The normalized spacial score (nSPS) is 14.4. The fourth-order valence-corrected chi connectivity index (χ4v) is 4.24. The Bertz CT molecular complexity index is 869. The van der Waals surface area contributed by atoms with Crippen LogP contribution >= 0.6 is 23.5 Å². The molecule has 4 unspecified atom stereocenters. The van der Waals surface area contributed by atoms with Gasteiger partial charge in [-0.3, -0.25) is 14.4 Å². The zero-order chi connectivity index (χ0) is 27.3. The number of carbonyl (C=O) groups is 4. The molecule has 202 valence electrons. The standard InChI is InChI=1S/C24H38N4O6S2/c1-14(2)20(24(33)34)28-22(31)18(10-12-36-4)26-23(32)19(13-15-5-7-16(29)8-6-15)27-21(30)17(25)9-11-35-3/h5-8,14,17-20,29H,9-13,25H2,1-4H3,(H,26,32)(H,27,30)(H,28,31)(H,33,34). The van der Waals surface area contributed by atoms with Crippen LogP contribution in [0.1, 0.15) is 32.3 Å². The molecule has 1 rings (SSSR count). The molecule has 0 radical (unpaired) electrons. The number of thioether (sulfide) groups is 2. The van der Waals surface area contributed by atoms with Crippen molar-refractivity contribution in [2.75, 3.05) is 24.0 Å². The number of aliphatic carboxylic acids is 1. The molecule has 0 aliphatic carbocycles. The summed E-state index contributed by atoms with van der Waals surface area (Å²) in [6.45, 7) is 3.36. The van der Waals surface area contributed by atoms with Gasteiger partial charge in [0.1, 0.15) is 23.9 Å². The van der Waals surface area contributed by atoms with Crippen molar-refractivity contribution in [3.63, 3.8) is 0 Å². The van der Waals surface area contributed by atoms with Crippen LogP contribution in [-0.4, -0.2) is 82.1 Å². The first kappa shape index (κ1) is 31.6. The number of aromatic hydroxyl groups is 1. The quantitative estimate of drug-likeness (QED) is 0.178. The van der Waals surface area contributed by atoms with E-state index in [1.807, 2.05) is 12.5 Å². The van der Waals surface area contributed by atoms with Crippen molar-refractivity contribution in [3.8, 4) is 5.75 Å². The fraction of sp³-hybridized carbons (Fsp3) is 0.583. The highest BCUT2D eigenvalue weighted by molar-refractivity contribution is 7.98. The molecule has 7 N–H and O–H groups in total. The van der Waals surface area contributed by atoms with Crippen molar-refractivity contribution < 1.29 is 29.4 Å². The van der Waals surface area contributed by atoms with Gasteiger partial charge in [0.15, 0.2) is 0 Å². The first-order chi connectivity index (χ1) is 17.0. The van der Waals surface area contributed by atoms with Crippen LogP contribution in [-0.2, 0) is 25.6 Å². The highest BCUT2D eigenvalue weighted by Gasteiger charge is 2.31. The van der Waals surface area contributed by atoms with E-state index in [0.717, 1.165) is 0 Å². The molecule has 10 nitrogen and oxygen atoms in total. The van der Waals surface area contributed by atoms with Crippen LogP contribution in [0, 0.1) is 5.92 Å². The van der Waals surface area contributed by atoms with Crippen LogP contribution < -0.4 is 21.7 Å². The van der Waals surface area contributed by atoms with E-state index in [9.17, 15) is 29.4 Å². The highest BCUT2D eigenvalue weighted by atomic mass is 32.2. The molecule has 12 heteroatoms. The molecule has 4 atom stereocenters. The molecule has 0 fully saturated rings. The van der Waals surface area contributed by atoms with Gasteiger partial charge in [0.25, 0.3) is 0 Å². The van der Waals surface area contributed by atoms with Gasteiger partial charge in [-0.2, -0.15) is 23.5 Å². The summed E-state index contributed by atoms with van der Waals surface area (Å²) in [5.41, 5.74) is 6.66. The minimum atomic E-state index is -1.16. The largest absolute Gasteiger partial charge is 0.508 e. The third-order valence-electron chi connectivity index (χ3n) is 5.45. The van der Waals surface area contributed by atoms with Gasteiger partial charge in [-0.25, -0.2) is 4.79 Å². The van der Waals surface area contributed by atoms with Gasteiger partial charge in [-0.15, -0.1) is 0 Å². The van der Waals surface area contributed by atoms with Crippen LogP contribution in [0.25, 0.3) is 0 Å². The summed E-state index contributed by atoms with van der Waals surface area (Å²) < 4.78 is 0. The lowest BCUT2D eigenvalue weighted by molar-refractivity contribution is -0.143. The minimum absolute atomic E-state index is 0.0646. The van der Waals surface area contributed by atoms with Gasteiger partial charge >= 0.3 is 5.97 Å². The maximum absolute atomic E-state index is 13.3. The van der Waals surface area contributed by atoms with Crippen LogP contribution in [0.5, 0.6) is 5.75 Å². The monoisotopic (exact) mass is 542 g/mol. The van der Waals surface area contributed by atoms with Crippen molar-refractivity contribution in [1.29, 1.82) is 0 Å². The van der Waals surface area contributed by atoms with Gasteiger partial charge in [0, 0.05) is 6.42 Å². The van der Waals surface area contributed by atoms with E-state index in [0.29, 0.717) is 23.5 Å². The number of carbonyl (C=O) groups excluding carboxylic acids is 3. The van der Waals surface area contributed by atoms with Crippen molar-refractivity contribution in [3.05, 3.63) is 29.8 Å². The number of phenols is 1. The second kappa shape index (κ2) is 16.3. The van der Waals surface area contributed by atoms with E-state index in [4.69, 9.17) is 5.73 Å². The van der Waals surface area contributed by atoms with Crippen molar-refractivity contribution in [2.45, 2.75) is 57.3 Å². The average molecular weight is 543 g/mol. The number of nitrogens with one attached hydrogen (secondary N) is 3. The lowest BCUT2D eigenvalue weighted by Crippen LogP contribution is -2.58. The van der Waals surface area contributed by atoms with Crippen LogP contribution in [0.2, 0.25) is 0 Å². The van der Waals surface area contributed by atoms with E-state index in [1.54, 1.807) is 37.7 Å². The molecule has 0 saturated heterocycles. The summed E-state index contributed by atoms with van der Waals surface area (Å²) in [7, 11) is 0. The Labute approximate surface area is 220 Å². The summed E-state index contributed by atoms with van der Waals surface area (Å²) in [6.07, 6.45) is 4.57. The molecule has 0 heterocycles. The molecule has 0 aliphatic heterocycles. The Morgan fingerprint density at radius 2 is 1.39 bits per heavy atom. The fourth-order valence-electron chi connectivity index (χ4n) is 3.28. The number of hydrogen-bond donors (Lipinski definition) is 6. The van der Waals surface area contributed by atoms with Crippen molar-refractivity contribution in [2.24, 2.45) is 11.7 Å². The summed E-state index contributed by atoms with van der Waals surface area (Å²) in [6, 6.07) is 2.29. The SMILES string of the molecule is CSCCC(N)C(=O)NC(Cc1ccc(O)cc1)C(=O)NC(CCSC)C(=O)NC(C(=O)O)C(C)C. The number of phenolic OH excluding ortho intramolecular Hbond substituents is 1. The Kier molecular flexibility index (Phi) is 14.3. The van der Waals surface area contributed by atoms with Crippen LogP contribution in [0.4, 0.5) is 0 Å². The molecule has 3 amide bonds. The topological polar surface area (TPSA) is 171 Å². The smallest absolute Gasteiger partial charge is 0.326 e. The number of nitrogens with two attached hydrogens (primary N) is 1. The molecular formula is C24H38N4O6S2. The first-order valence-corrected chi connectivity index (χ1v) is 14.4. The van der Waals surface area contributed by atoms with Gasteiger partial charge in [-0.05, 0) is 60.5 Å². The second-order valence-electron chi connectivity index (χ2n) is 8.73. The molecule has 36 heavy (non-hydrogen) atoms. The van der Waals surface area contributed by atoms with E-state index in [2.05, 4.69) is 16.0 Å². The lowest BCUT2D eigenvalue weighted by Gasteiger charge is -2.26. The van der Waals surface area contributed by atoms with E-state index in [-0.39, 0.29) is 24.5 Å². The second-order valence-corrected chi connectivity index (χ2v) is 10.7. The van der Waals surface area contributed by atoms with E-state index in [1.165, 1.54) is 23.9 Å². The summed E-state index contributed by atoms with van der Waals surface area (Å²) in [5, 5.41) is 26.9. The Hall–Kier alpha value is -2.44. The molecule has 0 bridgehead atoms. The zero-order valence-electron chi connectivity index (χ0n) is 21.2. The lowest BCUT2D eigenvalue weighted by atomic mass is 10.0. The Balaban J connectivity index is 3.10. The molecule has 1 aromatic carbocycles. The van der Waals surface area contributed by atoms with Gasteiger partial charge in [0.2, 0.25) is 17.7 Å². The van der Waals surface area contributed by atoms with Gasteiger partial charge in [0.05, 0.1) is 6.04 Å². The maximum atomic E-state index is 13.3. The molecule has 0 spiro atoms. The Morgan fingerprint density at radius 1 is 0.861 bits per heavy atom. The van der Waals surface area contributed by atoms with Gasteiger partial charge < -0.3 is 31.9 Å². The predicted octanol–water partition coefficient (Wildman–Crippen LogP) is 0.963. The molecule has 0 saturated carbocycles. The molecule has 0 aromatic heterocycles. The molecule has 1 aromatic rings. The first-order valence-electron chi connectivity index (χ1n) is 11.6. The van der Waals surface area contributed by atoms with E-state index < -0.39 is 47.9 Å². The minimum Gasteiger partial charge on any atom is -0.508 e. The number of benzene rings is 1. The zero-order valence-corrected chi connectivity index (χ0v) is 22.8. The van der Waals surface area contributed by atoms with Crippen molar-refractivity contribution in [1.82, 2.24) is 16.0 Å². The number of carboxylic acids is 1. The number of rotatable bonds is 16. The summed E-state index contributed by atoms with van der Waals surface area (Å²) >= 11 is 3.03. The number of carboxylic acid groups (broad SMARTS) is 1. The van der Waals surface area contributed by atoms with E-state index >= 15 is 0 Å². The maximum Gasteiger partial charge on any atom is 0.326 e. The summed E-state index contributed by atoms with van der Waals surface area (Å²) in [4.78, 5) is 50.5. The van der Waals surface area contributed by atoms with Crippen molar-refractivity contribution >= 4 is 47.2 Å². The number of amides is 3. The summed E-state index contributed by atoms with van der Waals surface area (Å²) in [5.74, 6) is -1.91. The Morgan fingerprint density at radius 3 is 1.92 bits per heavy atom. The molecular weight excluding hydrogens is 504 g/mol.